The molecule has 1 aromatic heterocycles. The molecule has 1 heterocycles. The van der Waals surface area contributed by atoms with Gasteiger partial charge in [0, 0.05) is 18.9 Å². The van der Waals surface area contributed by atoms with Gasteiger partial charge in [-0.25, -0.2) is 5.48 Å². The summed E-state index contributed by atoms with van der Waals surface area (Å²) in [5, 5.41) is 8.44. The van der Waals surface area contributed by atoms with Gasteiger partial charge in [-0.1, -0.05) is 56.7 Å². The molecule has 0 aliphatic heterocycles. The lowest BCUT2D eigenvalue weighted by Gasteiger charge is -2.01. The molecule has 1 rings (SSSR count). The lowest BCUT2D eigenvalue weighted by atomic mass is 10.1. The predicted octanol–water partition coefficient (Wildman–Crippen LogP) is 5.06. The molecule has 22 heavy (non-hydrogen) atoms. The van der Waals surface area contributed by atoms with Crippen molar-refractivity contribution in [3.8, 4) is 0 Å². The van der Waals surface area contributed by atoms with E-state index < -0.39 is 0 Å². The monoisotopic (exact) mass is 304 g/mol. The summed E-state index contributed by atoms with van der Waals surface area (Å²) in [6.45, 7) is 0.729. The minimum Gasteiger partial charge on any atom is -0.317 e. The minimum atomic E-state index is 0.729. The summed E-state index contributed by atoms with van der Waals surface area (Å²) in [5.74, 6) is 0. The number of rotatable bonds is 14. The quantitative estimate of drug-likeness (QED) is 0.287. The highest BCUT2D eigenvalue weighted by Gasteiger charge is 1.92. The van der Waals surface area contributed by atoms with Crippen LogP contribution in [-0.2, 0) is 6.42 Å². The van der Waals surface area contributed by atoms with Gasteiger partial charge in [-0.3, -0.25) is 4.98 Å². The molecule has 0 fully saturated rings. The van der Waals surface area contributed by atoms with Gasteiger partial charge < -0.3 is 5.21 Å². The average molecular weight is 304 g/mol. The van der Waals surface area contributed by atoms with E-state index in [1.807, 2.05) is 18.5 Å². The fraction of sp³-hybridized carbons (Fsp3) is 0.632. The van der Waals surface area contributed by atoms with Crippen LogP contribution < -0.4 is 5.48 Å². The Morgan fingerprint density at radius 2 is 1.59 bits per heavy atom. The third-order valence-corrected chi connectivity index (χ3v) is 3.90. The summed E-state index contributed by atoms with van der Waals surface area (Å²) in [6.07, 6.45) is 22.2. The number of aromatic nitrogens is 1. The van der Waals surface area contributed by atoms with E-state index in [1.165, 1.54) is 56.9 Å². The SMILES string of the molecule is ONCCCCCCCCCC/C=C\CCc1cccnc1. The number of nitrogens with one attached hydrogen (secondary N) is 1. The largest absolute Gasteiger partial charge is 0.317 e. The van der Waals surface area contributed by atoms with E-state index in [9.17, 15) is 0 Å². The number of pyridine rings is 1. The molecule has 0 amide bonds. The first-order valence-corrected chi connectivity index (χ1v) is 8.84. The van der Waals surface area contributed by atoms with Crippen molar-refractivity contribution >= 4 is 0 Å². The Hall–Kier alpha value is -1.19. The summed E-state index contributed by atoms with van der Waals surface area (Å²) in [5.41, 5.74) is 3.53. The first kappa shape index (κ1) is 18.9. The fourth-order valence-electron chi connectivity index (χ4n) is 2.56. The maximum atomic E-state index is 8.44. The Labute approximate surface area is 135 Å². The predicted molar refractivity (Wildman–Crippen MR) is 93.0 cm³/mol. The van der Waals surface area contributed by atoms with Crippen LogP contribution in [0.15, 0.2) is 36.7 Å². The number of hydrogen-bond acceptors (Lipinski definition) is 3. The first-order valence-electron chi connectivity index (χ1n) is 8.84. The normalized spacial score (nSPS) is 11.3. The van der Waals surface area contributed by atoms with Crippen molar-refractivity contribution in [3.63, 3.8) is 0 Å². The Morgan fingerprint density at radius 3 is 2.27 bits per heavy atom. The standard InChI is InChI=1S/C19H32N2O/c22-21-17-12-10-8-6-4-2-1-3-5-7-9-11-14-19-15-13-16-20-18-19/h7,9,13,15-16,18,21-22H,1-6,8,10-12,14,17H2/b9-7-. The number of hydroxylamine groups is 1. The molecule has 0 unspecified atom stereocenters. The van der Waals surface area contributed by atoms with Gasteiger partial charge in [0.2, 0.25) is 0 Å². The molecule has 0 radical (unpaired) electrons. The van der Waals surface area contributed by atoms with Crippen LogP contribution in [0.4, 0.5) is 0 Å². The second kappa shape index (κ2) is 14.7. The van der Waals surface area contributed by atoms with Gasteiger partial charge in [-0.15, -0.1) is 0 Å². The van der Waals surface area contributed by atoms with E-state index in [2.05, 4.69) is 28.7 Å². The summed E-state index contributed by atoms with van der Waals surface area (Å²) >= 11 is 0. The van der Waals surface area contributed by atoms with Crippen LogP contribution in [0.1, 0.15) is 69.8 Å². The zero-order chi connectivity index (χ0) is 15.7. The minimum absolute atomic E-state index is 0.729. The third-order valence-electron chi connectivity index (χ3n) is 3.90. The molecule has 3 heteroatoms. The molecule has 0 aromatic carbocycles. The van der Waals surface area contributed by atoms with Crippen LogP contribution in [0.3, 0.4) is 0 Å². The van der Waals surface area contributed by atoms with Crippen LogP contribution >= 0.6 is 0 Å². The third kappa shape index (κ3) is 11.5. The molecule has 0 bridgehead atoms. The van der Waals surface area contributed by atoms with Crippen molar-refractivity contribution in [2.75, 3.05) is 6.54 Å². The molecule has 0 saturated carbocycles. The second-order valence-corrected chi connectivity index (χ2v) is 5.90. The van der Waals surface area contributed by atoms with Crippen LogP contribution in [-0.4, -0.2) is 16.7 Å². The summed E-state index contributed by atoms with van der Waals surface area (Å²) in [4.78, 5) is 4.13. The molecule has 1 aromatic rings. The van der Waals surface area contributed by atoms with Gasteiger partial charge in [0.1, 0.15) is 0 Å². The molecule has 0 aliphatic carbocycles. The Bertz CT molecular complexity index is 365. The molecule has 3 nitrogen and oxygen atoms in total. The zero-order valence-corrected chi connectivity index (χ0v) is 13.8. The van der Waals surface area contributed by atoms with Gasteiger partial charge in [-0.05, 0) is 43.7 Å². The van der Waals surface area contributed by atoms with E-state index in [-0.39, 0.29) is 0 Å². The maximum absolute atomic E-state index is 8.44. The Balaban J connectivity index is 1.80. The van der Waals surface area contributed by atoms with Gasteiger partial charge in [0.05, 0.1) is 0 Å². The highest BCUT2D eigenvalue weighted by molar-refractivity contribution is 5.09. The number of unbranched alkanes of at least 4 members (excludes halogenated alkanes) is 8. The van der Waals surface area contributed by atoms with Crippen molar-refractivity contribution in [2.45, 2.75) is 70.6 Å². The number of aryl methyl sites for hydroxylation is 1. The molecule has 0 aliphatic rings. The highest BCUT2D eigenvalue weighted by Crippen LogP contribution is 2.10. The lowest BCUT2D eigenvalue weighted by molar-refractivity contribution is 0.164. The van der Waals surface area contributed by atoms with E-state index in [0.29, 0.717) is 0 Å². The van der Waals surface area contributed by atoms with Crippen molar-refractivity contribution in [1.29, 1.82) is 0 Å². The number of hydrogen-bond donors (Lipinski definition) is 2. The number of nitrogens with zero attached hydrogens (tertiary/aromatic N) is 1. The molecule has 0 saturated heterocycles. The Morgan fingerprint density at radius 1 is 0.909 bits per heavy atom. The highest BCUT2D eigenvalue weighted by atomic mass is 16.5. The zero-order valence-electron chi connectivity index (χ0n) is 13.8. The van der Waals surface area contributed by atoms with Crippen LogP contribution in [0.25, 0.3) is 0 Å². The lowest BCUT2D eigenvalue weighted by Crippen LogP contribution is -2.07. The van der Waals surface area contributed by atoms with Gasteiger partial charge in [0.15, 0.2) is 0 Å². The summed E-state index contributed by atoms with van der Waals surface area (Å²) in [6, 6.07) is 4.14. The van der Waals surface area contributed by atoms with Gasteiger partial charge >= 0.3 is 0 Å². The fourth-order valence-corrected chi connectivity index (χ4v) is 2.56. The topological polar surface area (TPSA) is 45.1 Å². The first-order chi connectivity index (χ1) is 10.9. The van der Waals surface area contributed by atoms with Crippen molar-refractivity contribution in [1.82, 2.24) is 10.5 Å². The summed E-state index contributed by atoms with van der Waals surface area (Å²) < 4.78 is 0. The smallest absolute Gasteiger partial charge is 0.0299 e. The molecular weight excluding hydrogens is 272 g/mol. The van der Waals surface area contributed by atoms with E-state index in [1.54, 1.807) is 0 Å². The summed E-state index contributed by atoms with van der Waals surface area (Å²) in [7, 11) is 0. The molecule has 0 spiro atoms. The van der Waals surface area contributed by atoms with E-state index in [0.717, 1.165) is 25.8 Å². The van der Waals surface area contributed by atoms with Crippen LogP contribution in [0, 0.1) is 0 Å². The van der Waals surface area contributed by atoms with Crippen LogP contribution in [0.2, 0.25) is 0 Å². The van der Waals surface area contributed by atoms with Crippen LogP contribution in [0.5, 0.6) is 0 Å². The average Bonchev–Trinajstić information content (AvgIpc) is 2.56. The maximum Gasteiger partial charge on any atom is 0.0299 e. The molecule has 2 N–H and O–H groups in total. The molecule has 124 valence electrons. The van der Waals surface area contributed by atoms with Crippen molar-refractivity contribution < 1.29 is 5.21 Å². The molecular formula is C19H32N2O. The Kier molecular flexibility index (Phi) is 12.6. The second-order valence-electron chi connectivity index (χ2n) is 5.90. The van der Waals surface area contributed by atoms with Crippen molar-refractivity contribution in [2.24, 2.45) is 0 Å². The van der Waals surface area contributed by atoms with E-state index in [4.69, 9.17) is 5.21 Å². The van der Waals surface area contributed by atoms with Gasteiger partial charge in [0.25, 0.3) is 0 Å². The molecule has 0 atom stereocenters. The number of allylic oxidation sites excluding steroid dienone is 2. The van der Waals surface area contributed by atoms with E-state index >= 15 is 0 Å². The van der Waals surface area contributed by atoms with Gasteiger partial charge in [-0.2, -0.15) is 0 Å². The van der Waals surface area contributed by atoms with Crippen molar-refractivity contribution in [3.05, 3.63) is 42.2 Å².